The van der Waals surface area contributed by atoms with E-state index >= 15 is 0 Å². The number of rotatable bonds is 2. The summed E-state index contributed by atoms with van der Waals surface area (Å²) in [6, 6.07) is 6.74. The Kier molecular flexibility index (Phi) is 5.00. The van der Waals surface area contributed by atoms with Gasteiger partial charge in [0.25, 0.3) is 0 Å². The first-order valence-corrected chi connectivity index (χ1v) is 4.18. The second-order valence-corrected chi connectivity index (χ2v) is 2.87. The Hall–Kier alpha value is -1.24. The molecule has 0 aromatic heterocycles. The Morgan fingerprint density at radius 3 is 2.71 bits per heavy atom. The van der Waals surface area contributed by atoms with Crippen LogP contribution in [0.1, 0.15) is 30.5 Å². The Balaban J connectivity index is 0.00000169. The molecule has 0 aliphatic heterocycles. The number of phenols is 1. The summed E-state index contributed by atoms with van der Waals surface area (Å²) in [7, 11) is 0. The molecule has 0 heterocycles. The number of nitrogens with two attached hydrogens (primary N) is 1. The van der Waals surface area contributed by atoms with Gasteiger partial charge in [0.1, 0.15) is 11.8 Å². The van der Waals surface area contributed by atoms with Gasteiger partial charge in [-0.2, -0.15) is 5.26 Å². The molecule has 3 nitrogen and oxygen atoms in total. The van der Waals surface area contributed by atoms with Crippen LogP contribution in [0.3, 0.4) is 0 Å². The lowest BCUT2D eigenvalue weighted by Gasteiger charge is -2.11. The first kappa shape index (κ1) is 12.8. The molecule has 0 amide bonds. The molecule has 0 saturated carbocycles. The quantitative estimate of drug-likeness (QED) is 0.789. The van der Waals surface area contributed by atoms with Gasteiger partial charge in [-0.15, -0.1) is 12.4 Å². The maximum absolute atomic E-state index is 9.59. The van der Waals surface area contributed by atoms with Gasteiger partial charge >= 0.3 is 0 Å². The summed E-state index contributed by atoms with van der Waals surface area (Å²) >= 11 is 0. The van der Waals surface area contributed by atoms with E-state index in [2.05, 4.69) is 0 Å². The average molecular weight is 213 g/mol. The van der Waals surface area contributed by atoms with Crippen LogP contribution in [0, 0.1) is 11.3 Å². The summed E-state index contributed by atoms with van der Waals surface area (Å²) in [5, 5.41) is 18.2. The van der Waals surface area contributed by atoms with E-state index in [0.29, 0.717) is 5.56 Å². The molecule has 4 heteroatoms. The second kappa shape index (κ2) is 5.48. The zero-order chi connectivity index (χ0) is 9.84. The van der Waals surface area contributed by atoms with E-state index in [-0.39, 0.29) is 29.8 Å². The van der Waals surface area contributed by atoms with Crippen LogP contribution in [0.15, 0.2) is 18.2 Å². The number of aromatic hydroxyl groups is 1. The van der Waals surface area contributed by atoms with E-state index in [1.807, 2.05) is 13.0 Å². The molecular formula is C10H13ClN2O. The van der Waals surface area contributed by atoms with Crippen LogP contribution in [0.25, 0.3) is 0 Å². The number of hydrogen-bond acceptors (Lipinski definition) is 3. The maximum Gasteiger partial charge on any atom is 0.138 e. The zero-order valence-electron chi connectivity index (χ0n) is 7.90. The van der Waals surface area contributed by atoms with Gasteiger partial charge in [0.2, 0.25) is 0 Å². The predicted molar refractivity (Wildman–Crippen MR) is 57.3 cm³/mol. The van der Waals surface area contributed by atoms with Crippen molar-refractivity contribution in [3.05, 3.63) is 29.3 Å². The number of nitriles is 1. The van der Waals surface area contributed by atoms with Gasteiger partial charge in [0.15, 0.2) is 0 Å². The molecule has 0 unspecified atom stereocenters. The lowest BCUT2D eigenvalue weighted by Crippen LogP contribution is -2.09. The fourth-order valence-electron chi connectivity index (χ4n) is 1.17. The van der Waals surface area contributed by atoms with Crippen molar-refractivity contribution in [3.8, 4) is 11.8 Å². The molecule has 1 rings (SSSR count). The standard InChI is InChI=1S/C10H12N2O.ClH/c1-2-9(12)8-5-3-4-7(6-11)10(8)13;/h3-5,9,13H,2,12H2,1H3;1H/t9-;/m0./s1. The number of para-hydroxylation sites is 1. The van der Waals surface area contributed by atoms with Gasteiger partial charge in [-0.3, -0.25) is 0 Å². The van der Waals surface area contributed by atoms with Crippen LogP contribution in [0.4, 0.5) is 0 Å². The number of hydrogen-bond donors (Lipinski definition) is 2. The van der Waals surface area contributed by atoms with Gasteiger partial charge in [0.05, 0.1) is 5.56 Å². The van der Waals surface area contributed by atoms with Crippen molar-refractivity contribution >= 4 is 12.4 Å². The molecular weight excluding hydrogens is 200 g/mol. The van der Waals surface area contributed by atoms with Crippen molar-refractivity contribution in [2.75, 3.05) is 0 Å². The molecule has 1 aromatic rings. The highest BCUT2D eigenvalue weighted by Gasteiger charge is 2.11. The molecule has 0 spiro atoms. The van der Waals surface area contributed by atoms with E-state index in [9.17, 15) is 5.11 Å². The molecule has 0 aliphatic carbocycles. The largest absolute Gasteiger partial charge is 0.506 e. The Bertz CT molecular complexity index is 346. The average Bonchev–Trinajstić information content (AvgIpc) is 2.17. The van der Waals surface area contributed by atoms with Crippen LogP contribution in [0.2, 0.25) is 0 Å². The van der Waals surface area contributed by atoms with E-state index in [1.165, 1.54) is 0 Å². The molecule has 14 heavy (non-hydrogen) atoms. The highest BCUT2D eigenvalue weighted by Crippen LogP contribution is 2.27. The van der Waals surface area contributed by atoms with Gasteiger partial charge < -0.3 is 10.8 Å². The van der Waals surface area contributed by atoms with Crippen molar-refractivity contribution in [1.29, 1.82) is 5.26 Å². The van der Waals surface area contributed by atoms with Crippen molar-refractivity contribution in [2.24, 2.45) is 5.73 Å². The Morgan fingerprint density at radius 2 is 2.21 bits per heavy atom. The molecule has 0 bridgehead atoms. The minimum Gasteiger partial charge on any atom is -0.506 e. The maximum atomic E-state index is 9.59. The third kappa shape index (κ3) is 2.38. The summed E-state index contributed by atoms with van der Waals surface area (Å²) in [6.45, 7) is 1.93. The summed E-state index contributed by atoms with van der Waals surface area (Å²) in [4.78, 5) is 0. The van der Waals surface area contributed by atoms with Crippen LogP contribution >= 0.6 is 12.4 Å². The van der Waals surface area contributed by atoms with E-state index in [4.69, 9.17) is 11.0 Å². The van der Waals surface area contributed by atoms with Crippen molar-refractivity contribution in [2.45, 2.75) is 19.4 Å². The minimum atomic E-state index is -0.201. The van der Waals surface area contributed by atoms with Crippen LogP contribution < -0.4 is 5.73 Å². The first-order chi connectivity index (χ1) is 6.20. The topological polar surface area (TPSA) is 70.0 Å². The molecule has 0 aliphatic rings. The highest BCUT2D eigenvalue weighted by molar-refractivity contribution is 5.85. The Labute approximate surface area is 89.6 Å². The van der Waals surface area contributed by atoms with Crippen molar-refractivity contribution < 1.29 is 5.11 Å². The molecule has 1 aromatic carbocycles. The molecule has 76 valence electrons. The molecule has 0 radical (unpaired) electrons. The monoisotopic (exact) mass is 212 g/mol. The summed E-state index contributed by atoms with van der Waals surface area (Å²) in [5.74, 6) is 0.0133. The minimum absolute atomic E-state index is 0. The molecule has 0 saturated heterocycles. The van der Waals surface area contributed by atoms with Gasteiger partial charge in [-0.1, -0.05) is 19.1 Å². The van der Waals surface area contributed by atoms with Crippen molar-refractivity contribution in [1.82, 2.24) is 0 Å². The number of nitrogens with zero attached hydrogens (tertiary/aromatic N) is 1. The summed E-state index contributed by atoms with van der Waals surface area (Å²) < 4.78 is 0. The van der Waals surface area contributed by atoms with Gasteiger partial charge in [0, 0.05) is 11.6 Å². The SMILES string of the molecule is CC[C@H](N)c1cccc(C#N)c1O.Cl. The van der Waals surface area contributed by atoms with Crippen molar-refractivity contribution in [3.63, 3.8) is 0 Å². The van der Waals surface area contributed by atoms with E-state index in [0.717, 1.165) is 6.42 Å². The van der Waals surface area contributed by atoms with Gasteiger partial charge in [-0.05, 0) is 12.5 Å². The third-order valence-corrected chi connectivity index (χ3v) is 2.03. The van der Waals surface area contributed by atoms with Crippen LogP contribution in [-0.2, 0) is 0 Å². The molecule has 0 fully saturated rings. The normalized spacial score (nSPS) is 11.2. The highest BCUT2D eigenvalue weighted by atomic mass is 35.5. The van der Waals surface area contributed by atoms with E-state index in [1.54, 1.807) is 18.2 Å². The number of phenolic OH excluding ortho intramolecular Hbond substituents is 1. The number of benzene rings is 1. The molecule has 1 atom stereocenters. The van der Waals surface area contributed by atoms with E-state index < -0.39 is 0 Å². The lowest BCUT2D eigenvalue weighted by molar-refractivity contribution is 0.458. The van der Waals surface area contributed by atoms with Crippen LogP contribution in [-0.4, -0.2) is 5.11 Å². The lowest BCUT2D eigenvalue weighted by atomic mass is 10.0. The third-order valence-electron chi connectivity index (χ3n) is 2.03. The Morgan fingerprint density at radius 1 is 1.57 bits per heavy atom. The van der Waals surface area contributed by atoms with Crippen LogP contribution in [0.5, 0.6) is 5.75 Å². The predicted octanol–water partition coefficient (Wildman–Crippen LogP) is 2.10. The second-order valence-electron chi connectivity index (χ2n) is 2.87. The first-order valence-electron chi connectivity index (χ1n) is 4.18. The fraction of sp³-hybridized carbons (Fsp3) is 0.300. The number of halogens is 1. The smallest absolute Gasteiger partial charge is 0.138 e. The molecule has 3 N–H and O–H groups in total. The van der Waals surface area contributed by atoms with Gasteiger partial charge in [-0.25, -0.2) is 0 Å². The summed E-state index contributed by atoms with van der Waals surface area (Å²) in [6.07, 6.45) is 0.739. The fourth-order valence-corrected chi connectivity index (χ4v) is 1.17. The zero-order valence-corrected chi connectivity index (χ0v) is 8.71. The summed E-state index contributed by atoms with van der Waals surface area (Å²) in [5.41, 5.74) is 6.67.